The quantitative estimate of drug-likeness (QED) is 0.355. The van der Waals surface area contributed by atoms with E-state index in [1.165, 1.54) is 0 Å². The Morgan fingerprint density at radius 2 is 2.30 bits per heavy atom. The van der Waals surface area contributed by atoms with Crippen LogP contribution in [0.3, 0.4) is 0 Å². The molecule has 0 aliphatic carbocycles. The molecule has 4 nitrogen and oxygen atoms in total. The van der Waals surface area contributed by atoms with Crippen molar-refractivity contribution < 1.29 is 19.2 Å². The van der Waals surface area contributed by atoms with Gasteiger partial charge < -0.3 is 14.4 Å². The molecule has 0 aliphatic heterocycles. The molecule has 0 saturated heterocycles. The zero-order valence-electron chi connectivity index (χ0n) is 5.37. The predicted octanol–water partition coefficient (Wildman–Crippen LogP) is -0.208. The lowest BCUT2D eigenvalue weighted by Gasteiger charge is -1.99. The molecule has 0 bridgehead atoms. The summed E-state index contributed by atoms with van der Waals surface area (Å²) in [5.41, 5.74) is -0.0205. The highest BCUT2D eigenvalue weighted by Crippen LogP contribution is 1.97. The van der Waals surface area contributed by atoms with Gasteiger partial charge in [0.25, 0.3) is 0 Å². The first-order valence-electron chi connectivity index (χ1n) is 2.61. The standard InChI is InChI=1S/C5H9O4P/c1-4(2-6)5(7)9-3-10-8/h6H,1-3,10H2. The Bertz CT molecular complexity index is 154. The van der Waals surface area contributed by atoms with E-state index in [9.17, 15) is 9.36 Å². The van der Waals surface area contributed by atoms with Crippen molar-refractivity contribution >= 4 is 14.4 Å². The van der Waals surface area contributed by atoms with Gasteiger partial charge in [0.2, 0.25) is 0 Å². The van der Waals surface area contributed by atoms with Crippen LogP contribution >= 0.6 is 8.46 Å². The van der Waals surface area contributed by atoms with E-state index in [4.69, 9.17) is 5.11 Å². The van der Waals surface area contributed by atoms with Gasteiger partial charge in [0.05, 0.1) is 12.2 Å². The maximum Gasteiger partial charge on any atom is 0.336 e. The third-order valence-electron chi connectivity index (χ3n) is 0.762. The highest BCUT2D eigenvalue weighted by molar-refractivity contribution is 7.23. The van der Waals surface area contributed by atoms with Crippen LogP contribution in [0.1, 0.15) is 0 Å². The molecule has 0 aromatic rings. The Labute approximate surface area is 59.7 Å². The van der Waals surface area contributed by atoms with Crippen molar-refractivity contribution in [2.45, 2.75) is 0 Å². The average Bonchev–Trinajstić information content (AvgIpc) is 1.98. The highest BCUT2D eigenvalue weighted by atomic mass is 31.1. The van der Waals surface area contributed by atoms with Crippen LogP contribution in [0, 0.1) is 0 Å². The second-order valence-corrected chi connectivity index (χ2v) is 2.19. The molecule has 5 heteroatoms. The summed E-state index contributed by atoms with van der Waals surface area (Å²) in [6, 6.07) is 0. The van der Waals surface area contributed by atoms with Crippen LogP contribution in [0.15, 0.2) is 12.2 Å². The lowest BCUT2D eigenvalue weighted by atomic mass is 10.3. The maximum absolute atomic E-state index is 10.5. The number of rotatable bonds is 4. The lowest BCUT2D eigenvalue weighted by molar-refractivity contribution is -0.137. The van der Waals surface area contributed by atoms with E-state index in [-0.39, 0.29) is 11.9 Å². The summed E-state index contributed by atoms with van der Waals surface area (Å²) < 4.78 is 14.2. The summed E-state index contributed by atoms with van der Waals surface area (Å²) in [5.74, 6) is -0.689. The van der Waals surface area contributed by atoms with Crippen molar-refractivity contribution in [1.29, 1.82) is 0 Å². The van der Waals surface area contributed by atoms with E-state index in [1.54, 1.807) is 0 Å². The van der Waals surface area contributed by atoms with Gasteiger partial charge in [-0.05, 0) is 0 Å². The molecule has 58 valence electrons. The highest BCUT2D eigenvalue weighted by Gasteiger charge is 2.04. The van der Waals surface area contributed by atoms with Crippen LogP contribution < -0.4 is 0 Å². The Hall–Kier alpha value is -0.600. The van der Waals surface area contributed by atoms with E-state index >= 15 is 0 Å². The Balaban J connectivity index is 3.62. The number of hydrogen-bond acceptors (Lipinski definition) is 4. The van der Waals surface area contributed by atoms with Crippen LogP contribution in [0.25, 0.3) is 0 Å². The normalized spacial score (nSPS) is 10.1. The average molecular weight is 164 g/mol. The molecule has 0 aliphatic rings. The smallest absolute Gasteiger partial charge is 0.336 e. The first-order valence-corrected chi connectivity index (χ1v) is 3.90. The van der Waals surface area contributed by atoms with Crippen molar-refractivity contribution in [3.8, 4) is 0 Å². The minimum Gasteiger partial charge on any atom is -0.455 e. The molecule has 0 rings (SSSR count). The van der Waals surface area contributed by atoms with Gasteiger partial charge >= 0.3 is 5.97 Å². The Morgan fingerprint density at radius 1 is 1.70 bits per heavy atom. The predicted molar refractivity (Wildman–Crippen MR) is 37.6 cm³/mol. The zero-order chi connectivity index (χ0) is 7.98. The molecule has 1 N–H and O–H groups in total. The molecule has 0 saturated carbocycles. The molecule has 0 aromatic carbocycles. The van der Waals surface area contributed by atoms with Gasteiger partial charge in [-0.25, -0.2) is 4.79 Å². The fourth-order valence-corrected chi connectivity index (χ4v) is 0.496. The van der Waals surface area contributed by atoms with Crippen molar-refractivity contribution in [2.75, 3.05) is 13.0 Å². The molecule has 0 radical (unpaired) electrons. The molecule has 0 amide bonds. The van der Waals surface area contributed by atoms with Gasteiger partial charge in [0.1, 0.15) is 14.8 Å². The third-order valence-corrected chi connectivity index (χ3v) is 1.06. The Kier molecular flexibility index (Phi) is 4.89. The summed E-state index contributed by atoms with van der Waals surface area (Å²) in [6.45, 7) is 2.79. The van der Waals surface area contributed by atoms with Crippen molar-refractivity contribution in [2.24, 2.45) is 0 Å². The van der Waals surface area contributed by atoms with Gasteiger partial charge in [-0.2, -0.15) is 0 Å². The molecule has 0 aromatic heterocycles. The van der Waals surface area contributed by atoms with Crippen LogP contribution in [-0.2, 0) is 14.1 Å². The van der Waals surface area contributed by atoms with Crippen molar-refractivity contribution in [3.63, 3.8) is 0 Å². The summed E-state index contributed by atoms with van der Waals surface area (Å²) in [6.07, 6.45) is -0.0855. The number of carbonyl (C=O) groups is 1. The van der Waals surface area contributed by atoms with E-state index < -0.39 is 21.0 Å². The van der Waals surface area contributed by atoms with E-state index in [2.05, 4.69) is 11.3 Å². The number of esters is 1. The minimum absolute atomic E-state index is 0.0205. The maximum atomic E-state index is 10.5. The molecule has 10 heavy (non-hydrogen) atoms. The van der Waals surface area contributed by atoms with Gasteiger partial charge in [0, 0.05) is 0 Å². The van der Waals surface area contributed by atoms with Gasteiger partial charge in [-0.15, -0.1) is 0 Å². The fourth-order valence-electron chi connectivity index (χ4n) is 0.276. The summed E-state index contributed by atoms with van der Waals surface area (Å²) >= 11 is 0. The Morgan fingerprint density at radius 3 is 2.70 bits per heavy atom. The van der Waals surface area contributed by atoms with E-state index in [0.29, 0.717) is 0 Å². The molecule has 1 atom stereocenters. The van der Waals surface area contributed by atoms with Crippen LogP contribution in [-0.4, -0.2) is 24.0 Å². The molecule has 1 unspecified atom stereocenters. The van der Waals surface area contributed by atoms with E-state index in [1.807, 2.05) is 0 Å². The number of carbonyl (C=O) groups excluding carboxylic acids is 1. The first-order chi connectivity index (χ1) is 4.72. The monoisotopic (exact) mass is 164 g/mol. The number of ether oxygens (including phenoxy) is 1. The number of aliphatic hydroxyl groups is 1. The summed E-state index contributed by atoms with van der Waals surface area (Å²) in [7, 11) is -1.08. The number of hydrogen-bond donors (Lipinski definition) is 1. The summed E-state index contributed by atoms with van der Waals surface area (Å²) in [5, 5.41) is 8.33. The van der Waals surface area contributed by atoms with Gasteiger partial charge in [-0.1, -0.05) is 6.58 Å². The van der Waals surface area contributed by atoms with E-state index in [0.717, 1.165) is 0 Å². The number of aliphatic hydroxyl groups excluding tert-OH is 1. The second kappa shape index (κ2) is 5.21. The first kappa shape index (κ1) is 9.40. The topological polar surface area (TPSA) is 63.6 Å². The SMILES string of the molecule is C=C(CO)C(=O)OC[PH2]=O. The molecular weight excluding hydrogens is 155 g/mol. The lowest BCUT2D eigenvalue weighted by Crippen LogP contribution is -2.08. The zero-order valence-corrected chi connectivity index (χ0v) is 6.53. The molecular formula is C5H9O4P. The second-order valence-electron chi connectivity index (χ2n) is 1.53. The van der Waals surface area contributed by atoms with Gasteiger partial charge in [0.15, 0.2) is 0 Å². The largest absolute Gasteiger partial charge is 0.455 e. The van der Waals surface area contributed by atoms with Crippen LogP contribution in [0.4, 0.5) is 0 Å². The van der Waals surface area contributed by atoms with Crippen LogP contribution in [0.5, 0.6) is 0 Å². The fraction of sp³-hybridized carbons (Fsp3) is 0.400. The summed E-state index contributed by atoms with van der Waals surface area (Å²) in [4.78, 5) is 10.5. The molecule has 0 spiro atoms. The molecule has 0 fully saturated rings. The molecule has 0 heterocycles. The third kappa shape index (κ3) is 3.43. The van der Waals surface area contributed by atoms with Gasteiger partial charge in [-0.3, -0.25) is 0 Å². The van der Waals surface area contributed by atoms with Crippen LogP contribution in [0.2, 0.25) is 0 Å². The van der Waals surface area contributed by atoms with Crippen molar-refractivity contribution in [1.82, 2.24) is 0 Å². The van der Waals surface area contributed by atoms with Crippen molar-refractivity contribution in [3.05, 3.63) is 12.2 Å². The minimum atomic E-state index is -1.08.